The highest BCUT2D eigenvalue weighted by molar-refractivity contribution is 5.88. The number of carbonyl (C=O) groups is 1. The number of nitrogens with zero attached hydrogens (tertiary/aromatic N) is 2. The molecule has 0 spiro atoms. The maximum atomic E-state index is 10.9. The number of rotatable bonds is 2. The molecule has 4 heteroatoms. The molecule has 3 rings (SSSR count). The molecule has 1 fully saturated rings. The van der Waals surface area contributed by atoms with Crippen LogP contribution >= 0.6 is 0 Å². The average molecular weight is 244 g/mol. The Balaban J connectivity index is 2.07. The second-order valence-electron chi connectivity index (χ2n) is 4.80. The number of hydrogen-bond acceptors (Lipinski definition) is 3. The van der Waals surface area contributed by atoms with Crippen molar-refractivity contribution in [2.24, 2.45) is 0 Å². The first kappa shape index (κ1) is 11.4. The van der Waals surface area contributed by atoms with E-state index in [0.29, 0.717) is 0 Å². The van der Waals surface area contributed by atoms with Crippen molar-refractivity contribution < 1.29 is 9.53 Å². The highest BCUT2D eigenvalue weighted by Gasteiger charge is 2.18. The van der Waals surface area contributed by atoms with E-state index in [4.69, 9.17) is 4.74 Å². The fourth-order valence-electron chi connectivity index (χ4n) is 2.49. The number of carbonyl (C=O) groups excluding carboxylic acids is 1. The van der Waals surface area contributed by atoms with Gasteiger partial charge >= 0.3 is 0 Å². The van der Waals surface area contributed by atoms with Gasteiger partial charge in [-0.25, -0.2) is 4.68 Å². The van der Waals surface area contributed by atoms with Crippen LogP contribution in [0.4, 0.5) is 0 Å². The Kier molecular flexibility index (Phi) is 2.88. The van der Waals surface area contributed by atoms with E-state index in [1.165, 1.54) is 6.42 Å². The molecule has 1 aromatic heterocycles. The minimum atomic E-state index is 0.0396. The first-order valence-corrected chi connectivity index (χ1v) is 6.34. The van der Waals surface area contributed by atoms with Crippen LogP contribution in [0.5, 0.6) is 0 Å². The van der Waals surface area contributed by atoms with Crippen molar-refractivity contribution in [1.29, 1.82) is 0 Å². The topological polar surface area (TPSA) is 44.1 Å². The number of aryl methyl sites for hydroxylation is 1. The molecular weight excluding hydrogens is 228 g/mol. The van der Waals surface area contributed by atoms with Crippen molar-refractivity contribution in [2.45, 2.75) is 32.4 Å². The molecule has 0 N–H and O–H groups in total. The molecule has 0 aliphatic carbocycles. The third-order valence-corrected chi connectivity index (χ3v) is 3.54. The predicted molar refractivity (Wildman–Crippen MR) is 68.7 cm³/mol. The first-order valence-electron chi connectivity index (χ1n) is 6.34. The Hall–Kier alpha value is -1.68. The Morgan fingerprint density at radius 1 is 1.44 bits per heavy atom. The minimum Gasteiger partial charge on any atom is -0.356 e. The second kappa shape index (κ2) is 4.53. The zero-order chi connectivity index (χ0) is 12.5. The summed E-state index contributed by atoms with van der Waals surface area (Å²) in [5, 5.41) is 5.41. The van der Waals surface area contributed by atoms with E-state index < -0.39 is 0 Å². The lowest BCUT2D eigenvalue weighted by Crippen LogP contribution is -2.19. The summed E-state index contributed by atoms with van der Waals surface area (Å²) in [4.78, 5) is 10.9. The van der Waals surface area contributed by atoms with Crippen LogP contribution in [0.25, 0.3) is 10.9 Å². The fraction of sp³-hybridized carbons (Fsp3) is 0.429. The Morgan fingerprint density at radius 3 is 3.06 bits per heavy atom. The molecule has 1 atom stereocenters. The molecule has 1 saturated heterocycles. The van der Waals surface area contributed by atoms with E-state index in [2.05, 4.69) is 5.10 Å². The summed E-state index contributed by atoms with van der Waals surface area (Å²) in [6.07, 6.45) is 6.05. The van der Waals surface area contributed by atoms with Gasteiger partial charge in [0.2, 0.25) is 0 Å². The van der Waals surface area contributed by atoms with Gasteiger partial charge < -0.3 is 4.74 Å². The largest absolute Gasteiger partial charge is 0.356 e. The van der Waals surface area contributed by atoms with Gasteiger partial charge in [-0.05, 0) is 43.9 Å². The molecule has 2 heterocycles. The lowest BCUT2D eigenvalue weighted by molar-refractivity contribution is -0.0366. The van der Waals surface area contributed by atoms with Gasteiger partial charge in [0.25, 0.3) is 0 Å². The van der Waals surface area contributed by atoms with Gasteiger partial charge in [0, 0.05) is 17.6 Å². The molecule has 1 aliphatic rings. The first-order chi connectivity index (χ1) is 8.79. The highest BCUT2D eigenvalue weighted by atomic mass is 16.5. The minimum absolute atomic E-state index is 0.0396. The van der Waals surface area contributed by atoms with Crippen LogP contribution in [0.2, 0.25) is 0 Å². The molecule has 2 aromatic rings. The number of aromatic nitrogens is 2. The molecule has 1 aliphatic heterocycles. The summed E-state index contributed by atoms with van der Waals surface area (Å²) in [5.41, 5.74) is 2.76. The van der Waals surface area contributed by atoms with Gasteiger partial charge in [-0.15, -0.1) is 0 Å². The lowest BCUT2D eigenvalue weighted by atomic mass is 10.1. The fourth-order valence-corrected chi connectivity index (χ4v) is 2.49. The third kappa shape index (κ3) is 1.82. The maximum absolute atomic E-state index is 10.9. The summed E-state index contributed by atoms with van der Waals surface area (Å²) in [7, 11) is 0. The normalized spacial score (nSPS) is 20.2. The average Bonchev–Trinajstić information content (AvgIpc) is 2.81. The number of aldehydes is 1. The quantitative estimate of drug-likeness (QED) is 0.763. The van der Waals surface area contributed by atoms with Gasteiger partial charge in [0.1, 0.15) is 6.29 Å². The Morgan fingerprint density at radius 2 is 2.33 bits per heavy atom. The van der Waals surface area contributed by atoms with Crippen LogP contribution in [0.3, 0.4) is 0 Å². The van der Waals surface area contributed by atoms with Crippen LogP contribution in [0.15, 0.2) is 18.3 Å². The van der Waals surface area contributed by atoms with Crippen molar-refractivity contribution in [3.05, 3.63) is 29.5 Å². The number of fused-ring (bicyclic) bond motifs is 1. The molecule has 0 radical (unpaired) electrons. The third-order valence-electron chi connectivity index (χ3n) is 3.54. The van der Waals surface area contributed by atoms with Crippen molar-refractivity contribution >= 4 is 17.2 Å². The summed E-state index contributed by atoms with van der Waals surface area (Å²) in [6.45, 7) is 2.75. The zero-order valence-electron chi connectivity index (χ0n) is 10.4. The molecular formula is C14H16N2O2. The van der Waals surface area contributed by atoms with Crippen LogP contribution < -0.4 is 0 Å². The number of hydrogen-bond donors (Lipinski definition) is 0. The van der Waals surface area contributed by atoms with Gasteiger partial charge in [-0.3, -0.25) is 4.79 Å². The van der Waals surface area contributed by atoms with E-state index >= 15 is 0 Å². The van der Waals surface area contributed by atoms with E-state index in [-0.39, 0.29) is 6.23 Å². The van der Waals surface area contributed by atoms with E-state index in [0.717, 1.165) is 47.8 Å². The van der Waals surface area contributed by atoms with E-state index in [1.54, 1.807) is 6.20 Å². The van der Waals surface area contributed by atoms with Crippen LogP contribution in [-0.2, 0) is 4.74 Å². The molecule has 18 heavy (non-hydrogen) atoms. The van der Waals surface area contributed by atoms with Crippen LogP contribution in [0, 0.1) is 6.92 Å². The molecule has 0 saturated carbocycles. The van der Waals surface area contributed by atoms with Gasteiger partial charge in [-0.1, -0.05) is 0 Å². The van der Waals surface area contributed by atoms with Gasteiger partial charge in [0.15, 0.2) is 6.23 Å². The lowest BCUT2D eigenvalue weighted by Gasteiger charge is -2.23. The standard InChI is InChI=1S/C14H16N2O2/c1-10-6-13-11(7-12(10)9-17)8-15-16(13)14-4-2-3-5-18-14/h6-9,14H,2-5H2,1H3. The zero-order valence-corrected chi connectivity index (χ0v) is 10.4. The highest BCUT2D eigenvalue weighted by Crippen LogP contribution is 2.27. The van der Waals surface area contributed by atoms with Crippen LogP contribution in [0.1, 0.15) is 41.4 Å². The summed E-state index contributed by atoms with van der Waals surface area (Å²) in [6, 6.07) is 3.91. The van der Waals surface area contributed by atoms with E-state index in [1.807, 2.05) is 23.7 Å². The Labute approximate surface area is 106 Å². The maximum Gasteiger partial charge on any atom is 0.150 e. The van der Waals surface area contributed by atoms with Gasteiger partial charge in [-0.2, -0.15) is 5.10 Å². The Bertz CT molecular complexity index is 583. The van der Waals surface area contributed by atoms with Crippen molar-refractivity contribution in [1.82, 2.24) is 9.78 Å². The predicted octanol–water partition coefficient (Wildman–Crippen LogP) is 2.86. The smallest absolute Gasteiger partial charge is 0.150 e. The van der Waals surface area contributed by atoms with E-state index in [9.17, 15) is 4.79 Å². The molecule has 0 bridgehead atoms. The monoisotopic (exact) mass is 244 g/mol. The number of benzene rings is 1. The van der Waals surface area contributed by atoms with Crippen LogP contribution in [-0.4, -0.2) is 22.7 Å². The summed E-state index contributed by atoms with van der Waals surface area (Å²) >= 11 is 0. The SMILES string of the molecule is Cc1cc2c(cnn2C2CCCCO2)cc1C=O. The molecule has 4 nitrogen and oxygen atoms in total. The summed E-state index contributed by atoms with van der Waals surface area (Å²) < 4.78 is 7.70. The van der Waals surface area contributed by atoms with Crippen molar-refractivity contribution in [2.75, 3.05) is 6.61 Å². The molecule has 94 valence electrons. The molecule has 1 unspecified atom stereocenters. The van der Waals surface area contributed by atoms with Gasteiger partial charge in [0.05, 0.1) is 11.7 Å². The molecule has 1 aromatic carbocycles. The van der Waals surface area contributed by atoms with Crippen molar-refractivity contribution in [3.63, 3.8) is 0 Å². The second-order valence-corrected chi connectivity index (χ2v) is 4.80. The molecule has 0 amide bonds. The summed E-state index contributed by atoms with van der Waals surface area (Å²) in [5.74, 6) is 0. The van der Waals surface area contributed by atoms with Crippen molar-refractivity contribution in [3.8, 4) is 0 Å². The number of ether oxygens (including phenoxy) is 1.